The zero-order valence-corrected chi connectivity index (χ0v) is 13.6. The van der Waals surface area contributed by atoms with Gasteiger partial charge in [0.1, 0.15) is 11.3 Å². The topological polar surface area (TPSA) is 64.2 Å². The molecule has 2 fully saturated rings. The molecular weight excluding hydrogens is 323 g/mol. The highest BCUT2D eigenvalue weighted by atomic mass is 19.1. The van der Waals surface area contributed by atoms with Crippen molar-refractivity contribution in [3.05, 3.63) is 52.2 Å². The van der Waals surface area contributed by atoms with E-state index < -0.39 is 0 Å². The number of benzene rings is 1. The molecule has 1 saturated heterocycles. The van der Waals surface area contributed by atoms with Crippen LogP contribution in [0.2, 0.25) is 0 Å². The van der Waals surface area contributed by atoms with Crippen LogP contribution in [-0.4, -0.2) is 27.9 Å². The first-order valence-corrected chi connectivity index (χ1v) is 8.55. The highest BCUT2D eigenvalue weighted by molar-refractivity contribution is 5.74. The lowest BCUT2D eigenvalue weighted by Gasteiger charge is -2.37. The predicted molar refractivity (Wildman–Crippen MR) is 90.1 cm³/mol. The van der Waals surface area contributed by atoms with Crippen LogP contribution in [0.5, 0.6) is 0 Å². The predicted octanol–water partition coefficient (Wildman–Crippen LogP) is 2.54. The monoisotopic (exact) mass is 340 g/mol. The zero-order chi connectivity index (χ0) is 17.0. The first-order valence-electron chi connectivity index (χ1n) is 8.55. The molecule has 25 heavy (non-hydrogen) atoms. The maximum atomic E-state index is 13.2. The van der Waals surface area contributed by atoms with Crippen molar-refractivity contribution in [2.75, 3.05) is 18.0 Å². The van der Waals surface area contributed by atoms with Gasteiger partial charge in [0.15, 0.2) is 5.58 Å². The highest BCUT2D eigenvalue weighted by Crippen LogP contribution is 2.38. The Balaban J connectivity index is 1.28. The fourth-order valence-electron chi connectivity index (χ4n) is 3.30. The third kappa shape index (κ3) is 2.69. The second-order valence-corrected chi connectivity index (χ2v) is 6.93. The molecule has 0 atom stereocenters. The lowest BCUT2D eigenvalue weighted by atomic mass is 10.0. The molecule has 0 N–H and O–H groups in total. The van der Waals surface area contributed by atoms with Crippen molar-refractivity contribution in [3.8, 4) is 0 Å². The normalized spacial score (nSPS) is 17.9. The molecule has 0 spiro atoms. The number of aromatic nitrogens is 3. The molecule has 0 amide bonds. The van der Waals surface area contributed by atoms with Crippen molar-refractivity contribution < 1.29 is 8.81 Å². The van der Waals surface area contributed by atoms with Gasteiger partial charge in [-0.05, 0) is 31.0 Å². The van der Waals surface area contributed by atoms with Crippen LogP contribution in [-0.2, 0) is 6.54 Å². The molecule has 0 radical (unpaired) electrons. The summed E-state index contributed by atoms with van der Waals surface area (Å²) in [7, 11) is 0. The summed E-state index contributed by atoms with van der Waals surface area (Å²) in [6.45, 7) is 2.10. The zero-order valence-electron chi connectivity index (χ0n) is 13.6. The summed E-state index contributed by atoms with van der Waals surface area (Å²) in [5.41, 5.74) is 2.07. The van der Waals surface area contributed by atoms with Gasteiger partial charge in [0, 0.05) is 37.1 Å². The Morgan fingerprint density at radius 1 is 1.20 bits per heavy atom. The summed E-state index contributed by atoms with van der Waals surface area (Å²) in [5, 5.41) is 4.50. The number of fused-ring (bicyclic) bond motifs is 1. The van der Waals surface area contributed by atoms with E-state index in [4.69, 9.17) is 4.42 Å². The first kappa shape index (κ1) is 14.6. The number of oxazole rings is 1. The van der Waals surface area contributed by atoms with E-state index in [1.54, 1.807) is 16.8 Å². The Labute approximate surface area is 142 Å². The lowest BCUT2D eigenvalue weighted by Crippen LogP contribution is -2.49. The third-order valence-corrected chi connectivity index (χ3v) is 4.88. The molecular formula is C18H17FN4O2. The average molecular weight is 340 g/mol. The van der Waals surface area contributed by atoms with Gasteiger partial charge >= 0.3 is 0 Å². The number of hydrogen-bond acceptors (Lipinski definition) is 5. The van der Waals surface area contributed by atoms with E-state index in [2.05, 4.69) is 10.1 Å². The molecule has 0 bridgehead atoms. The maximum absolute atomic E-state index is 13.2. The summed E-state index contributed by atoms with van der Waals surface area (Å²) in [6, 6.07) is 8.30. The molecule has 3 aromatic rings. The highest BCUT2D eigenvalue weighted by Gasteiger charge is 2.31. The van der Waals surface area contributed by atoms with Gasteiger partial charge in [0.05, 0.1) is 12.2 Å². The average Bonchev–Trinajstić information content (AvgIpc) is 3.32. The number of halogens is 1. The molecule has 128 valence electrons. The molecule has 3 heterocycles. The minimum absolute atomic E-state index is 0.0554. The van der Waals surface area contributed by atoms with E-state index in [1.165, 1.54) is 25.0 Å². The Morgan fingerprint density at radius 2 is 2.04 bits per heavy atom. The molecule has 5 rings (SSSR count). The molecule has 2 aliphatic rings. The minimum atomic E-state index is -0.335. The molecule has 1 aromatic carbocycles. The second kappa shape index (κ2) is 5.40. The van der Waals surface area contributed by atoms with Gasteiger partial charge in [-0.3, -0.25) is 4.79 Å². The summed E-state index contributed by atoms with van der Waals surface area (Å²) in [6.07, 6.45) is 2.33. The van der Waals surface area contributed by atoms with Crippen LogP contribution in [0.15, 0.2) is 39.5 Å². The van der Waals surface area contributed by atoms with Crippen molar-refractivity contribution in [2.24, 2.45) is 5.92 Å². The van der Waals surface area contributed by atoms with Gasteiger partial charge in [0.2, 0.25) is 0 Å². The fourth-order valence-corrected chi connectivity index (χ4v) is 3.30. The molecule has 2 aromatic heterocycles. The molecule has 6 nitrogen and oxygen atoms in total. The van der Waals surface area contributed by atoms with E-state index in [1.807, 2.05) is 11.0 Å². The van der Waals surface area contributed by atoms with Gasteiger partial charge in [-0.2, -0.15) is 10.1 Å². The molecule has 1 aliphatic carbocycles. The van der Waals surface area contributed by atoms with Crippen LogP contribution in [0, 0.1) is 11.7 Å². The molecule has 1 saturated carbocycles. The molecule has 0 unspecified atom stereocenters. The Kier molecular flexibility index (Phi) is 3.16. The minimum Gasteiger partial charge on any atom is -0.423 e. The quantitative estimate of drug-likeness (QED) is 0.730. The third-order valence-electron chi connectivity index (χ3n) is 4.88. The smallest absolute Gasteiger partial charge is 0.298 e. The molecule has 7 heteroatoms. The van der Waals surface area contributed by atoms with Crippen molar-refractivity contribution in [1.82, 2.24) is 14.8 Å². The fraction of sp³-hybridized carbons (Fsp3) is 0.389. The van der Waals surface area contributed by atoms with Crippen LogP contribution in [0.3, 0.4) is 0 Å². The number of anilines is 1. The Bertz CT molecular complexity index is 1000. The maximum Gasteiger partial charge on any atom is 0.298 e. The van der Waals surface area contributed by atoms with Gasteiger partial charge in [-0.1, -0.05) is 0 Å². The van der Waals surface area contributed by atoms with Crippen LogP contribution >= 0.6 is 0 Å². The first-order chi connectivity index (χ1) is 12.2. The summed E-state index contributed by atoms with van der Waals surface area (Å²) < 4.78 is 20.4. The van der Waals surface area contributed by atoms with Gasteiger partial charge in [-0.25, -0.2) is 9.07 Å². The van der Waals surface area contributed by atoms with Gasteiger partial charge in [-0.15, -0.1) is 0 Å². The van der Waals surface area contributed by atoms with Crippen LogP contribution in [0.4, 0.5) is 10.4 Å². The summed E-state index contributed by atoms with van der Waals surface area (Å²) in [5.74, 6) is 0.522. The summed E-state index contributed by atoms with van der Waals surface area (Å²) in [4.78, 5) is 18.4. The van der Waals surface area contributed by atoms with E-state index in [0.29, 0.717) is 35.5 Å². The van der Waals surface area contributed by atoms with E-state index in [0.717, 1.165) is 18.8 Å². The van der Waals surface area contributed by atoms with Crippen molar-refractivity contribution in [2.45, 2.75) is 25.3 Å². The van der Waals surface area contributed by atoms with Crippen LogP contribution in [0.25, 0.3) is 11.1 Å². The largest absolute Gasteiger partial charge is 0.423 e. The van der Waals surface area contributed by atoms with E-state index in [-0.39, 0.29) is 11.4 Å². The van der Waals surface area contributed by atoms with Gasteiger partial charge in [0.25, 0.3) is 11.6 Å². The standard InChI is InChI=1S/C18H17FN4O2/c19-13-3-4-15-16(7-13)25-18(20-15)22-8-11(9-22)10-23-17(24)6-5-14(21-23)12-1-2-12/h3-7,11-12H,1-2,8-10H2. The van der Waals surface area contributed by atoms with E-state index >= 15 is 0 Å². The summed E-state index contributed by atoms with van der Waals surface area (Å²) >= 11 is 0. The van der Waals surface area contributed by atoms with Crippen molar-refractivity contribution >= 4 is 17.1 Å². The van der Waals surface area contributed by atoms with Crippen molar-refractivity contribution in [1.29, 1.82) is 0 Å². The second-order valence-electron chi connectivity index (χ2n) is 6.93. The number of nitrogens with zero attached hydrogens (tertiary/aromatic N) is 4. The SMILES string of the molecule is O=c1ccc(C2CC2)nn1CC1CN(c2nc3ccc(F)cc3o2)C1. The number of hydrogen-bond donors (Lipinski definition) is 0. The van der Waals surface area contributed by atoms with E-state index in [9.17, 15) is 9.18 Å². The molecule has 1 aliphatic heterocycles. The van der Waals surface area contributed by atoms with Crippen molar-refractivity contribution in [3.63, 3.8) is 0 Å². The Hall–Kier alpha value is -2.70. The van der Waals surface area contributed by atoms with Crippen LogP contribution < -0.4 is 10.5 Å². The lowest BCUT2D eigenvalue weighted by molar-refractivity contribution is 0.317. The van der Waals surface area contributed by atoms with Crippen LogP contribution in [0.1, 0.15) is 24.5 Å². The Morgan fingerprint density at radius 3 is 2.84 bits per heavy atom. The number of rotatable bonds is 4. The van der Waals surface area contributed by atoms with Gasteiger partial charge < -0.3 is 9.32 Å².